The van der Waals surface area contributed by atoms with Crippen LogP contribution < -0.4 is 0 Å². The lowest BCUT2D eigenvalue weighted by molar-refractivity contribution is -0.141. The Labute approximate surface area is 164 Å². The van der Waals surface area contributed by atoms with Crippen LogP contribution in [0.2, 0.25) is 5.02 Å². The van der Waals surface area contributed by atoms with Gasteiger partial charge in [-0.15, -0.1) is 0 Å². The molecule has 1 aromatic rings. The van der Waals surface area contributed by atoms with Crippen LogP contribution in [-0.4, -0.2) is 66.3 Å². The Morgan fingerprint density at radius 3 is 2.56 bits per heavy atom. The van der Waals surface area contributed by atoms with Crippen LogP contribution in [-0.2, 0) is 14.3 Å². The number of rotatable bonds is 2. The molecule has 3 aliphatic rings. The van der Waals surface area contributed by atoms with E-state index in [-0.39, 0.29) is 18.4 Å². The zero-order chi connectivity index (χ0) is 18.9. The van der Waals surface area contributed by atoms with Crippen LogP contribution in [0.3, 0.4) is 0 Å². The summed E-state index contributed by atoms with van der Waals surface area (Å²) in [4.78, 5) is 30.2. The average molecular weight is 393 g/mol. The monoisotopic (exact) mass is 392 g/mol. The standard InChI is InChI=1S/C20H25ClN2O4/c21-16-6-4-5-15(13-16)18(24)23-17(19(25)22-9-11-26-12-10-22)14-27-20(23)7-2-1-3-8-20/h4-6,13,17H,1-3,7-12,14H2. The van der Waals surface area contributed by atoms with Gasteiger partial charge in [0.05, 0.1) is 19.8 Å². The van der Waals surface area contributed by atoms with Crippen molar-refractivity contribution in [2.45, 2.75) is 43.9 Å². The molecule has 1 saturated carbocycles. The van der Waals surface area contributed by atoms with E-state index in [0.717, 1.165) is 32.1 Å². The molecule has 1 unspecified atom stereocenters. The number of halogens is 1. The predicted molar refractivity (Wildman–Crippen MR) is 101 cm³/mol. The van der Waals surface area contributed by atoms with Crippen molar-refractivity contribution in [3.63, 3.8) is 0 Å². The number of carbonyl (C=O) groups excluding carboxylic acids is 2. The first kappa shape index (κ1) is 18.7. The summed E-state index contributed by atoms with van der Waals surface area (Å²) in [6.45, 7) is 2.44. The number of morpholine rings is 1. The van der Waals surface area contributed by atoms with Crippen molar-refractivity contribution in [1.82, 2.24) is 9.80 Å². The number of carbonyl (C=O) groups is 2. The SMILES string of the molecule is O=C(C1COC2(CCCCC2)N1C(=O)c1cccc(Cl)c1)N1CCOCC1. The smallest absolute Gasteiger partial charge is 0.256 e. The van der Waals surface area contributed by atoms with Gasteiger partial charge in [-0.1, -0.05) is 24.1 Å². The molecule has 0 bridgehead atoms. The molecule has 0 radical (unpaired) electrons. The Morgan fingerprint density at radius 1 is 1.11 bits per heavy atom. The second kappa shape index (κ2) is 7.78. The summed E-state index contributed by atoms with van der Waals surface area (Å²) < 4.78 is 11.5. The molecule has 2 aliphatic heterocycles. The summed E-state index contributed by atoms with van der Waals surface area (Å²) in [5, 5.41) is 0.509. The van der Waals surface area contributed by atoms with Crippen molar-refractivity contribution < 1.29 is 19.1 Å². The van der Waals surface area contributed by atoms with Gasteiger partial charge in [0.1, 0.15) is 11.8 Å². The molecule has 1 atom stereocenters. The summed E-state index contributed by atoms with van der Waals surface area (Å²) in [6.07, 6.45) is 4.67. The van der Waals surface area contributed by atoms with Gasteiger partial charge in [0, 0.05) is 23.7 Å². The first-order valence-electron chi connectivity index (χ1n) is 9.70. The first-order valence-corrected chi connectivity index (χ1v) is 10.1. The van der Waals surface area contributed by atoms with Crippen LogP contribution >= 0.6 is 11.6 Å². The van der Waals surface area contributed by atoms with E-state index in [1.807, 2.05) is 0 Å². The van der Waals surface area contributed by atoms with Gasteiger partial charge in [0.2, 0.25) is 5.91 Å². The Balaban J connectivity index is 1.65. The van der Waals surface area contributed by atoms with Gasteiger partial charge in [0.15, 0.2) is 0 Å². The third kappa shape index (κ3) is 3.58. The zero-order valence-corrected chi connectivity index (χ0v) is 16.1. The maximum Gasteiger partial charge on any atom is 0.256 e. The molecule has 2 amide bonds. The highest BCUT2D eigenvalue weighted by Crippen LogP contribution is 2.41. The molecule has 7 heteroatoms. The lowest BCUT2D eigenvalue weighted by atomic mass is 9.89. The Hall–Kier alpha value is -1.63. The van der Waals surface area contributed by atoms with Crippen LogP contribution in [0.25, 0.3) is 0 Å². The van der Waals surface area contributed by atoms with E-state index in [1.54, 1.807) is 34.1 Å². The van der Waals surface area contributed by atoms with Crippen LogP contribution in [0.5, 0.6) is 0 Å². The third-order valence-corrected chi connectivity index (χ3v) is 6.03. The third-order valence-electron chi connectivity index (χ3n) is 5.79. The van der Waals surface area contributed by atoms with Gasteiger partial charge in [-0.25, -0.2) is 0 Å². The molecule has 1 spiro atoms. The summed E-state index contributed by atoms with van der Waals surface area (Å²) in [7, 11) is 0. The summed E-state index contributed by atoms with van der Waals surface area (Å²) in [6, 6.07) is 6.33. The predicted octanol–water partition coefficient (Wildman–Crippen LogP) is 2.70. The van der Waals surface area contributed by atoms with Crippen molar-refractivity contribution in [2.75, 3.05) is 32.9 Å². The molecule has 0 N–H and O–H groups in total. The Bertz CT molecular complexity index is 714. The minimum atomic E-state index is -0.676. The first-order chi connectivity index (χ1) is 13.1. The van der Waals surface area contributed by atoms with Crippen LogP contribution in [0, 0.1) is 0 Å². The zero-order valence-electron chi connectivity index (χ0n) is 15.4. The molecule has 6 nitrogen and oxygen atoms in total. The minimum absolute atomic E-state index is 0.0453. The molecule has 1 aromatic carbocycles. The number of benzene rings is 1. The van der Waals surface area contributed by atoms with Crippen molar-refractivity contribution >= 4 is 23.4 Å². The highest BCUT2D eigenvalue weighted by atomic mass is 35.5. The molecule has 3 fully saturated rings. The number of amides is 2. The summed E-state index contributed by atoms with van der Waals surface area (Å²) in [5.41, 5.74) is -0.178. The van der Waals surface area contributed by atoms with Crippen molar-refractivity contribution in [3.05, 3.63) is 34.9 Å². The lowest BCUT2D eigenvalue weighted by Crippen LogP contribution is -2.58. The van der Waals surface area contributed by atoms with Gasteiger partial charge in [-0.2, -0.15) is 0 Å². The van der Waals surface area contributed by atoms with Gasteiger partial charge in [-0.3, -0.25) is 14.5 Å². The molecule has 1 aliphatic carbocycles. The fraction of sp³-hybridized carbons (Fsp3) is 0.600. The quantitative estimate of drug-likeness (QED) is 0.776. The largest absolute Gasteiger partial charge is 0.378 e. The summed E-state index contributed by atoms with van der Waals surface area (Å²) in [5.74, 6) is -0.223. The van der Waals surface area contributed by atoms with Gasteiger partial charge in [-0.05, 0) is 43.9 Å². The normalized spacial score (nSPS) is 25.0. The van der Waals surface area contributed by atoms with Crippen molar-refractivity contribution in [2.24, 2.45) is 0 Å². The minimum Gasteiger partial charge on any atom is -0.378 e. The van der Waals surface area contributed by atoms with E-state index in [1.165, 1.54) is 0 Å². The number of ether oxygens (including phenoxy) is 2. The lowest BCUT2D eigenvalue weighted by Gasteiger charge is -2.42. The number of hydrogen-bond donors (Lipinski definition) is 0. The van der Waals surface area contributed by atoms with E-state index in [0.29, 0.717) is 36.9 Å². The molecule has 27 heavy (non-hydrogen) atoms. The van der Waals surface area contributed by atoms with Gasteiger partial charge >= 0.3 is 0 Å². The molecule has 2 saturated heterocycles. The number of nitrogens with zero attached hydrogens (tertiary/aromatic N) is 2. The van der Waals surface area contributed by atoms with Crippen LogP contribution in [0.1, 0.15) is 42.5 Å². The molecular formula is C20H25ClN2O4. The van der Waals surface area contributed by atoms with E-state index >= 15 is 0 Å². The van der Waals surface area contributed by atoms with Gasteiger partial charge in [0.25, 0.3) is 5.91 Å². The Morgan fingerprint density at radius 2 is 1.85 bits per heavy atom. The topological polar surface area (TPSA) is 59.1 Å². The summed E-state index contributed by atoms with van der Waals surface area (Å²) >= 11 is 6.10. The van der Waals surface area contributed by atoms with Gasteiger partial charge < -0.3 is 14.4 Å². The Kier molecular flexibility index (Phi) is 5.39. The molecule has 0 aromatic heterocycles. The highest BCUT2D eigenvalue weighted by molar-refractivity contribution is 6.31. The number of hydrogen-bond acceptors (Lipinski definition) is 4. The molecular weight excluding hydrogens is 368 g/mol. The molecule has 4 rings (SSSR count). The van der Waals surface area contributed by atoms with Crippen molar-refractivity contribution in [3.8, 4) is 0 Å². The second-order valence-electron chi connectivity index (χ2n) is 7.46. The average Bonchev–Trinajstić information content (AvgIpc) is 3.06. The highest BCUT2D eigenvalue weighted by Gasteiger charge is 2.53. The van der Waals surface area contributed by atoms with Crippen LogP contribution in [0.4, 0.5) is 0 Å². The maximum atomic E-state index is 13.5. The van der Waals surface area contributed by atoms with E-state index < -0.39 is 11.8 Å². The van der Waals surface area contributed by atoms with Crippen molar-refractivity contribution in [1.29, 1.82) is 0 Å². The second-order valence-corrected chi connectivity index (χ2v) is 7.89. The maximum absolute atomic E-state index is 13.5. The van der Waals surface area contributed by atoms with E-state index in [2.05, 4.69) is 0 Å². The van der Waals surface area contributed by atoms with Crippen LogP contribution in [0.15, 0.2) is 24.3 Å². The van der Waals surface area contributed by atoms with E-state index in [9.17, 15) is 9.59 Å². The van der Waals surface area contributed by atoms with E-state index in [4.69, 9.17) is 21.1 Å². The fourth-order valence-corrected chi connectivity index (χ4v) is 4.61. The molecule has 2 heterocycles. The fourth-order valence-electron chi connectivity index (χ4n) is 4.42. The molecule has 146 valence electrons.